The highest BCUT2D eigenvalue weighted by atomic mass is 35.5. The summed E-state index contributed by atoms with van der Waals surface area (Å²) in [5.74, 6) is 0.483. The molecule has 2 unspecified atom stereocenters. The van der Waals surface area contributed by atoms with E-state index in [1.54, 1.807) is 18.2 Å². The zero-order valence-electron chi connectivity index (χ0n) is 13.9. The van der Waals surface area contributed by atoms with E-state index in [4.69, 9.17) is 27.9 Å². The lowest BCUT2D eigenvalue weighted by atomic mass is 9.97. The quantitative estimate of drug-likeness (QED) is 0.585. The first-order valence-corrected chi connectivity index (χ1v) is 9.37. The maximum absolute atomic E-state index is 12.5. The van der Waals surface area contributed by atoms with E-state index in [9.17, 15) is 4.79 Å². The van der Waals surface area contributed by atoms with Gasteiger partial charge in [0.05, 0.1) is 16.5 Å². The van der Waals surface area contributed by atoms with Crippen LogP contribution in [0.1, 0.15) is 31.2 Å². The zero-order valence-corrected chi connectivity index (χ0v) is 15.5. The Hall–Kier alpha value is -2.11. The maximum atomic E-state index is 12.5. The molecule has 4 rings (SSSR count). The second-order valence-electron chi connectivity index (χ2n) is 6.31. The molecule has 0 radical (unpaired) electrons. The Labute approximate surface area is 160 Å². The van der Waals surface area contributed by atoms with Crippen molar-refractivity contribution in [3.8, 4) is 5.88 Å². The number of alkyl halides is 1. The average Bonchev–Trinajstić information content (AvgIpc) is 2.64. The van der Waals surface area contributed by atoms with Crippen molar-refractivity contribution in [2.24, 2.45) is 0 Å². The van der Waals surface area contributed by atoms with Gasteiger partial charge in [0.2, 0.25) is 5.88 Å². The molecule has 7 heteroatoms. The molecule has 0 fully saturated rings. The minimum atomic E-state index is -0.378. The lowest BCUT2D eigenvalue weighted by Crippen LogP contribution is -2.21. The minimum absolute atomic E-state index is 0.0216. The van der Waals surface area contributed by atoms with E-state index in [1.807, 2.05) is 6.08 Å². The van der Waals surface area contributed by atoms with E-state index >= 15 is 0 Å². The number of rotatable bonds is 3. The van der Waals surface area contributed by atoms with Crippen LogP contribution in [0.3, 0.4) is 0 Å². The van der Waals surface area contributed by atoms with Gasteiger partial charge in [0, 0.05) is 16.7 Å². The van der Waals surface area contributed by atoms with E-state index in [2.05, 4.69) is 22.2 Å². The highest BCUT2D eigenvalue weighted by Crippen LogP contribution is 2.34. The summed E-state index contributed by atoms with van der Waals surface area (Å²) < 4.78 is 7.46. The number of allylic oxidation sites excluding steroid dienone is 5. The van der Waals surface area contributed by atoms with Crippen LogP contribution in [0.25, 0.3) is 11.1 Å². The lowest BCUT2D eigenvalue weighted by Gasteiger charge is -2.20. The van der Waals surface area contributed by atoms with Gasteiger partial charge in [-0.25, -0.2) is 4.52 Å². The van der Waals surface area contributed by atoms with Gasteiger partial charge in [-0.15, -0.1) is 16.7 Å². The molecule has 5 nitrogen and oxygen atoms in total. The molecule has 0 aliphatic heterocycles. The Morgan fingerprint density at radius 1 is 1.27 bits per heavy atom. The summed E-state index contributed by atoms with van der Waals surface area (Å²) in [6.07, 6.45) is 13.0. The van der Waals surface area contributed by atoms with Crippen LogP contribution < -0.4 is 10.3 Å². The largest absolute Gasteiger partial charge is 0.469 e. The highest BCUT2D eigenvalue weighted by Gasteiger charge is 2.24. The summed E-state index contributed by atoms with van der Waals surface area (Å²) in [4.78, 5) is 16.4. The number of hydrogen-bond donors (Lipinski definition) is 0. The molecule has 2 aliphatic carbocycles. The second-order valence-corrected chi connectivity index (χ2v) is 7.24. The Bertz CT molecular complexity index is 994. The minimum Gasteiger partial charge on any atom is -0.469 e. The molecular formula is C19H17Cl2N3O2. The normalized spacial score (nSPS) is 22.8. The lowest BCUT2D eigenvalue weighted by molar-refractivity contribution is 0.218. The predicted octanol–water partition coefficient (Wildman–Crippen LogP) is 4.09. The molecule has 0 amide bonds. The second kappa shape index (κ2) is 7.25. The number of ether oxygens (including phenoxy) is 1. The maximum Gasteiger partial charge on any atom is 0.281 e. The van der Waals surface area contributed by atoms with Gasteiger partial charge < -0.3 is 4.74 Å². The van der Waals surface area contributed by atoms with Crippen LogP contribution in [0, 0.1) is 0 Å². The summed E-state index contributed by atoms with van der Waals surface area (Å²) in [5.41, 5.74) is 1.21. The third-order valence-corrected chi connectivity index (χ3v) is 5.25. The molecule has 0 N–H and O–H groups in total. The van der Waals surface area contributed by atoms with Crippen molar-refractivity contribution in [1.82, 2.24) is 14.6 Å². The van der Waals surface area contributed by atoms with Gasteiger partial charge in [0.1, 0.15) is 12.4 Å². The molecule has 0 saturated carbocycles. The number of aromatic nitrogens is 3. The van der Waals surface area contributed by atoms with Crippen LogP contribution in [-0.2, 0) is 0 Å². The predicted molar refractivity (Wildman–Crippen MR) is 103 cm³/mol. The van der Waals surface area contributed by atoms with E-state index in [-0.39, 0.29) is 17.0 Å². The fourth-order valence-corrected chi connectivity index (χ4v) is 3.96. The Morgan fingerprint density at radius 3 is 2.92 bits per heavy atom. The first kappa shape index (κ1) is 17.3. The van der Waals surface area contributed by atoms with Gasteiger partial charge in [-0.3, -0.25) is 4.79 Å². The van der Waals surface area contributed by atoms with Crippen molar-refractivity contribution in [2.75, 3.05) is 0 Å². The van der Waals surface area contributed by atoms with Crippen molar-refractivity contribution in [3.05, 3.63) is 63.7 Å². The van der Waals surface area contributed by atoms with Crippen molar-refractivity contribution in [2.45, 2.75) is 37.2 Å². The zero-order chi connectivity index (χ0) is 18.1. The molecule has 0 saturated heterocycles. The Morgan fingerprint density at radius 2 is 2.15 bits per heavy atom. The molecule has 0 bridgehead atoms. The van der Waals surface area contributed by atoms with E-state index in [0.717, 1.165) is 19.3 Å². The van der Waals surface area contributed by atoms with Gasteiger partial charge in [0.25, 0.3) is 5.56 Å². The molecule has 26 heavy (non-hydrogen) atoms. The van der Waals surface area contributed by atoms with Crippen molar-refractivity contribution >= 4 is 34.3 Å². The number of halogens is 2. The topological polar surface area (TPSA) is 56.5 Å². The molecule has 0 aromatic carbocycles. The number of nitrogens with zero attached hydrogens (tertiary/aromatic N) is 3. The van der Waals surface area contributed by atoms with Crippen LogP contribution in [0.15, 0.2) is 52.6 Å². The standard InChI is InChI=1S/C19H17Cl2N3O2/c20-13-7-4-8-14(21)17(13)18-15-9-10-16(23-24(15)11-22-19(18)25)26-12-5-2-1-3-6-12/h2,4-5,7,9-12,14H,1,3,6,8H2. The number of hydrogen-bond acceptors (Lipinski definition) is 4. The SMILES string of the molecule is O=c1ncn2nc(OC3C=CCCC3)ccc2c1C1=C(Cl)C=CCC1Cl. The summed E-state index contributed by atoms with van der Waals surface area (Å²) in [7, 11) is 0. The monoisotopic (exact) mass is 389 g/mol. The summed E-state index contributed by atoms with van der Waals surface area (Å²) in [6.45, 7) is 0. The van der Waals surface area contributed by atoms with Crippen molar-refractivity contribution < 1.29 is 4.74 Å². The summed E-state index contributed by atoms with van der Waals surface area (Å²) >= 11 is 12.7. The third kappa shape index (κ3) is 3.29. The summed E-state index contributed by atoms with van der Waals surface area (Å²) in [5, 5.41) is 4.52. The molecule has 2 aromatic heterocycles. The highest BCUT2D eigenvalue weighted by molar-refractivity contribution is 6.38. The molecule has 134 valence electrons. The molecule has 2 aliphatic rings. The van der Waals surface area contributed by atoms with Crippen LogP contribution in [0.5, 0.6) is 5.88 Å². The average molecular weight is 390 g/mol. The van der Waals surface area contributed by atoms with Crippen LogP contribution in [0.4, 0.5) is 0 Å². The third-order valence-electron chi connectivity index (χ3n) is 4.52. The van der Waals surface area contributed by atoms with Gasteiger partial charge in [-0.05, 0) is 43.9 Å². The van der Waals surface area contributed by atoms with Crippen LogP contribution in [0.2, 0.25) is 0 Å². The van der Waals surface area contributed by atoms with E-state index in [1.165, 1.54) is 10.8 Å². The molecule has 2 atom stereocenters. The van der Waals surface area contributed by atoms with Gasteiger partial charge in [0.15, 0.2) is 0 Å². The smallest absolute Gasteiger partial charge is 0.281 e. The van der Waals surface area contributed by atoms with Gasteiger partial charge >= 0.3 is 0 Å². The molecule has 0 spiro atoms. The first-order chi connectivity index (χ1) is 12.6. The fourth-order valence-electron chi connectivity index (χ4n) is 3.26. The number of fused-ring (bicyclic) bond motifs is 1. The fraction of sp³-hybridized carbons (Fsp3) is 0.316. The Kier molecular flexibility index (Phi) is 4.83. The molecule has 2 aromatic rings. The van der Waals surface area contributed by atoms with E-state index in [0.29, 0.717) is 34.0 Å². The van der Waals surface area contributed by atoms with Crippen molar-refractivity contribution in [1.29, 1.82) is 0 Å². The van der Waals surface area contributed by atoms with Gasteiger partial charge in [-0.2, -0.15) is 4.98 Å². The Balaban J connectivity index is 1.78. The summed E-state index contributed by atoms with van der Waals surface area (Å²) in [6, 6.07) is 3.56. The van der Waals surface area contributed by atoms with Crippen LogP contribution >= 0.6 is 23.2 Å². The van der Waals surface area contributed by atoms with Crippen molar-refractivity contribution in [3.63, 3.8) is 0 Å². The first-order valence-electron chi connectivity index (χ1n) is 8.56. The molecule has 2 heterocycles. The van der Waals surface area contributed by atoms with Gasteiger partial charge in [-0.1, -0.05) is 23.8 Å². The molecular weight excluding hydrogens is 373 g/mol. The van der Waals surface area contributed by atoms with Crippen LogP contribution in [-0.4, -0.2) is 26.1 Å². The van der Waals surface area contributed by atoms with E-state index < -0.39 is 0 Å².